The van der Waals surface area contributed by atoms with E-state index < -0.39 is 25.1 Å². The van der Waals surface area contributed by atoms with Crippen LogP contribution in [0.25, 0.3) is 0 Å². The van der Waals surface area contributed by atoms with Crippen LogP contribution >= 0.6 is 59.3 Å². The third-order valence-corrected chi connectivity index (χ3v) is 10.5. The van der Waals surface area contributed by atoms with Crippen molar-refractivity contribution in [2.45, 2.75) is 70.7 Å². The number of thiol groups is 1. The molecule has 1 unspecified atom stereocenters. The molecule has 2 aliphatic rings. The average Bonchev–Trinajstić information content (AvgIpc) is 3.53. The van der Waals surface area contributed by atoms with Crippen molar-refractivity contribution >= 4 is 77.0 Å². The van der Waals surface area contributed by atoms with Gasteiger partial charge in [-0.2, -0.15) is 0 Å². The number of hydrogen-bond acceptors (Lipinski definition) is 9. The first kappa shape index (κ1) is 33.8. The van der Waals surface area contributed by atoms with Gasteiger partial charge in [-0.1, -0.05) is 17.7 Å². The summed E-state index contributed by atoms with van der Waals surface area (Å²) >= 11 is 9.97. The van der Waals surface area contributed by atoms with Crippen LogP contribution in [0.3, 0.4) is 0 Å². The zero-order valence-electron chi connectivity index (χ0n) is 24.8. The number of aliphatic hydroxyl groups excluding tert-OH is 1. The second kappa shape index (κ2) is 14.1. The number of ether oxygens (including phenoxy) is 1. The fourth-order valence-corrected chi connectivity index (χ4v) is 8.80. The Kier molecular flexibility index (Phi) is 10.8. The van der Waals surface area contributed by atoms with E-state index in [2.05, 4.69) is 44.3 Å². The monoisotopic (exact) mass is 788 g/mol. The van der Waals surface area contributed by atoms with Crippen LogP contribution in [-0.2, 0) is 15.3 Å². The van der Waals surface area contributed by atoms with Crippen molar-refractivity contribution in [1.82, 2.24) is 14.9 Å². The molecule has 14 heteroatoms. The van der Waals surface area contributed by atoms with Gasteiger partial charge in [-0.25, -0.2) is 4.79 Å². The fraction of sp³-hybridized carbons (Fsp3) is 0.467. The van der Waals surface area contributed by atoms with Gasteiger partial charge in [0, 0.05) is 11.6 Å². The van der Waals surface area contributed by atoms with Crippen molar-refractivity contribution in [2.75, 3.05) is 18.5 Å². The van der Waals surface area contributed by atoms with E-state index in [0.717, 1.165) is 21.6 Å². The Balaban J connectivity index is 1.46. The Labute approximate surface area is 282 Å². The Morgan fingerprint density at radius 2 is 2.05 bits per heavy atom. The molecule has 9 nitrogen and oxygen atoms in total. The second-order valence-corrected chi connectivity index (χ2v) is 20.4. The molecule has 3 heterocycles. The normalized spacial score (nSPS) is 22.4. The molecule has 0 saturated heterocycles. The topological polar surface area (TPSA) is 114 Å². The van der Waals surface area contributed by atoms with E-state index in [-0.39, 0.29) is 30.5 Å². The van der Waals surface area contributed by atoms with Crippen LogP contribution in [0.15, 0.2) is 36.8 Å². The number of ketones is 1. The summed E-state index contributed by atoms with van der Waals surface area (Å²) in [6.07, 6.45) is 4.42. The molecule has 1 aliphatic carbocycles. The van der Waals surface area contributed by atoms with Gasteiger partial charge in [-0.05, 0) is 57.4 Å². The fourth-order valence-electron chi connectivity index (χ4n) is 5.89. The summed E-state index contributed by atoms with van der Waals surface area (Å²) in [7, 11) is 3.50. The first-order chi connectivity index (χ1) is 20.8. The Hall–Kier alpha value is -1.54. The number of hydrogen-bond donors (Lipinski definition) is 3. The van der Waals surface area contributed by atoms with E-state index in [1.165, 1.54) is 23.9 Å². The number of rotatable bonds is 7. The number of fused-ring (bicyclic) bond motifs is 1. The number of aryl methyl sites for hydroxylation is 1. The van der Waals surface area contributed by atoms with Crippen LogP contribution < -0.4 is 5.32 Å². The minimum atomic E-state index is -0.901. The number of aromatic nitrogens is 2. The SMILES string of the molecule is Cc1sc(C(=O)c2cncnc2N[C@@H]2C[C@H](CO)[C@@H](O[SH](#P)I)C2)cc1[C@H]1c2cc(Cl)ccc2CCN1C(=O)OC(C)(C)C. The summed E-state index contributed by atoms with van der Waals surface area (Å²) in [6.45, 7) is 7.98. The predicted octanol–water partition coefficient (Wildman–Crippen LogP) is 7.77. The molecule has 44 heavy (non-hydrogen) atoms. The van der Waals surface area contributed by atoms with Gasteiger partial charge in [-0.15, -0.1) is 0 Å². The van der Waals surface area contributed by atoms with Crippen LogP contribution in [0.2, 0.25) is 5.02 Å². The molecule has 3 aromatic rings. The van der Waals surface area contributed by atoms with Crippen molar-refractivity contribution in [3.05, 3.63) is 73.8 Å². The maximum atomic E-state index is 14.0. The van der Waals surface area contributed by atoms with E-state index in [9.17, 15) is 14.7 Å². The molecule has 5 atom stereocenters. The molecule has 1 saturated carbocycles. The quantitative estimate of drug-likeness (QED) is 0.0964. The number of nitrogens with zero attached hydrogens (tertiary/aromatic N) is 3. The smallest absolute Gasteiger partial charge is 0.444 e. The molecule has 2 N–H and O–H groups in total. The summed E-state index contributed by atoms with van der Waals surface area (Å²) in [5.74, 6) is 0.199. The molecule has 1 amide bonds. The number of anilines is 1. The first-order valence-corrected chi connectivity index (χ1v) is 20.7. The zero-order valence-corrected chi connectivity index (χ0v) is 30.3. The standard InChI is InChI=1S/C30H35ClIN4O5PS2/c1-16-21(26-22-10-19(31)6-5-17(22)7-8-36(26)29(39)40-30(2,3)4)12-25(43-16)27(38)23-13-33-15-34-28(23)35-20-9-18(14-37)24(11-20)41-44(32)42/h5-6,10,12-13,15,18,20,24,26,37,44H,7-9,11,14H2,1-4H3,(H,33,34,35)/t18-,20-,24+,26+/m1/s1. The van der Waals surface area contributed by atoms with E-state index in [1.807, 2.05) is 52.0 Å². The molecule has 0 radical (unpaired) electrons. The molecule has 1 aliphatic heterocycles. The number of nitrogens with one attached hydrogen (secondary N) is 1. The summed E-state index contributed by atoms with van der Waals surface area (Å²) in [6, 6.07) is 7.13. The van der Waals surface area contributed by atoms with Gasteiger partial charge in [0.1, 0.15) is 5.60 Å². The minimum absolute atomic E-state index is 0.0130. The van der Waals surface area contributed by atoms with E-state index >= 15 is 0 Å². The Morgan fingerprint density at radius 3 is 2.75 bits per heavy atom. The molecule has 1 fully saturated rings. The van der Waals surface area contributed by atoms with Crippen LogP contribution in [-0.4, -0.2) is 62.7 Å². The molecule has 0 bridgehead atoms. The summed E-state index contributed by atoms with van der Waals surface area (Å²) in [4.78, 5) is 39.2. The van der Waals surface area contributed by atoms with Crippen LogP contribution in [0.5, 0.6) is 0 Å². The van der Waals surface area contributed by atoms with Gasteiger partial charge in [0.15, 0.2) is 0 Å². The van der Waals surface area contributed by atoms with E-state index in [1.54, 1.807) is 4.90 Å². The third-order valence-electron chi connectivity index (χ3n) is 7.82. The van der Waals surface area contributed by atoms with Crippen molar-refractivity contribution < 1.29 is 23.6 Å². The van der Waals surface area contributed by atoms with Crippen LogP contribution in [0.4, 0.5) is 10.6 Å². The summed E-state index contributed by atoms with van der Waals surface area (Å²) in [5, 5.41) is 13.9. The van der Waals surface area contributed by atoms with Crippen LogP contribution in [0, 0.1) is 12.8 Å². The van der Waals surface area contributed by atoms with Crippen LogP contribution in [0.1, 0.15) is 76.5 Å². The van der Waals surface area contributed by atoms with Crippen molar-refractivity contribution in [3.63, 3.8) is 0 Å². The van der Waals surface area contributed by atoms with E-state index in [4.69, 9.17) is 20.5 Å². The molecule has 2 aromatic heterocycles. The second-order valence-electron chi connectivity index (χ2n) is 12.0. The molecule has 5 rings (SSSR count). The summed E-state index contributed by atoms with van der Waals surface area (Å²) in [5.41, 5.74) is 2.57. The number of aliphatic hydroxyl groups is 1. The minimum Gasteiger partial charge on any atom is -0.444 e. The molecule has 236 valence electrons. The first-order valence-electron chi connectivity index (χ1n) is 14.3. The van der Waals surface area contributed by atoms with Gasteiger partial charge in [0.05, 0.1) is 6.04 Å². The molecule has 0 spiro atoms. The van der Waals surface area contributed by atoms with E-state index in [0.29, 0.717) is 47.1 Å². The number of carbonyl (C=O) groups excluding carboxylic acids is 2. The predicted molar refractivity (Wildman–Crippen MR) is 186 cm³/mol. The maximum absolute atomic E-state index is 14.0. The number of thiophene rings is 1. The number of carbonyl (C=O) groups is 2. The van der Waals surface area contributed by atoms with Crippen molar-refractivity contribution in [2.24, 2.45) is 5.92 Å². The zero-order chi connectivity index (χ0) is 31.8. The van der Waals surface area contributed by atoms with Gasteiger partial charge >= 0.3 is 172 Å². The molecular weight excluding hydrogens is 754 g/mol. The third kappa shape index (κ3) is 7.70. The van der Waals surface area contributed by atoms with Crippen molar-refractivity contribution in [3.8, 4) is 0 Å². The average molecular weight is 789 g/mol. The number of halogens is 2. The number of benzene rings is 1. The Morgan fingerprint density at radius 1 is 1.27 bits per heavy atom. The van der Waals surface area contributed by atoms with Gasteiger partial charge in [0.25, 0.3) is 0 Å². The van der Waals surface area contributed by atoms with Crippen molar-refractivity contribution in [1.29, 1.82) is 0 Å². The number of amides is 1. The molecule has 1 aromatic carbocycles. The molecular formula is C30H35ClIN4O5PS2. The Bertz CT molecular complexity index is 1640. The van der Waals surface area contributed by atoms with Gasteiger partial charge in [-0.3, -0.25) is 4.90 Å². The van der Waals surface area contributed by atoms with Gasteiger partial charge < -0.3 is 4.74 Å². The van der Waals surface area contributed by atoms with Gasteiger partial charge in [0.2, 0.25) is 0 Å². The summed E-state index contributed by atoms with van der Waals surface area (Å²) < 4.78 is 11.8.